The van der Waals surface area contributed by atoms with E-state index in [9.17, 15) is 26.7 Å². The largest absolute Gasteiger partial charge is 0.421 e. The van der Waals surface area contributed by atoms with Gasteiger partial charge in [-0.3, -0.25) is 4.98 Å². The molecule has 3 aromatic rings. The van der Waals surface area contributed by atoms with Crippen LogP contribution in [0, 0.1) is 0 Å². The zero-order chi connectivity index (χ0) is 26.0. The second kappa shape index (κ2) is 10.5. The summed E-state index contributed by atoms with van der Waals surface area (Å²) in [6.07, 6.45) is -1.49. The van der Waals surface area contributed by atoms with Crippen molar-refractivity contribution in [1.29, 1.82) is 0 Å². The minimum Gasteiger partial charge on any atom is -0.376 e. The van der Waals surface area contributed by atoms with Crippen LogP contribution in [-0.2, 0) is 27.0 Å². The van der Waals surface area contributed by atoms with Gasteiger partial charge in [-0.2, -0.15) is 17.5 Å². The van der Waals surface area contributed by atoms with Crippen molar-refractivity contribution in [2.75, 3.05) is 31.1 Å². The summed E-state index contributed by atoms with van der Waals surface area (Å²) in [4.78, 5) is 5.98. The third-order valence-electron chi connectivity index (χ3n) is 6.15. The Hall–Kier alpha value is -2.51. The number of ether oxygens (including phenoxy) is 1. The molecule has 1 aliphatic rings. The number of thiophene rings is 1. The molecule has 0 spiro atoms. The third kappa shape index (κ3) is 5.57. The van der Waals surface area contributed by atoms with Crippen LogP contribution in [0.5, 0.6) is 0 Å². The number of alkyl halides is 3. The lowest BCUT2D eigenvalue weighted by Crippen LogP contribution is -2.56. The lowest BCUT2D eigenvalue weighted by Gasteiger charge is -2.42. The zero-order valence-corrected chi connectivity index (χ0v) is 21.1. The van der Waals surface area contributed by atoms with Gasteiger partial charge in [0.15, 0.2) is 5.60 Å². The van der Waals surface area contributed by atoms with Crippen LogP contribution in [0.1, 0.15) is 18.1 Å². The van der Waals surface area contributed by atoms with Crippen molar-refractivity contribution >= 4 is 27.0 Å². The summed E-state index contributed by atoms with van der Waals surface area (Å²) in [7, 11) is -3.68. The normalized spacial score (nSPS) is 19.2. The summed E-state index contributed by atoms with van der Waals surface area (Å²) in [5.74, 6) is 0. The molecule has 2 aromatic heterocycles. The van der Waals surface area contributed by atoms with Gasteiger partial charge in [-0.15, -0.1) is 11.3 Å². The molecule has 2 atom stereocenters. The smallest absolute Gasteiger partial charge is 0.376 e. The van der Waals surface area contributed by atoms with Gasteiger partial charge in [0, 0.05) is 37.7 Å². The molecule has 194 valence electrons. The van der Waals surface area contributed by atoms with Crippen LogP contribution >= 0.6 is 11.3 Å². The number of hydrogen-bond donors (Lipinski definition) is 1. The van der Waals surface area contributed by atoms with Gasteiger partial charge in [-0.05, 0) is 47.7 Å². The van der Waals surface area contributed by atoms with E-state index in [2.05, 4.69) is 4.98 Å². The highest BCUT2D eigenvalue weighted by atomic mass is 32.2. The summed E-state index contributed by atoms with van der Waals surface area (Å²) in [6.45, 7) is 1.86. The summed E-state index contributed by atoms with van der Waals surface area (Å²) in [6, 6.07) is 12.0. The van der Waals surface area contributed by atoms with E-state index in [4.69, 9.17) is 4.74 Å². The van der Waals surface area contributed by atoms with Gasteiger partial charge < -0.3 is 14.7 Å². The maximum Gasteiger partial charge on any atom is 0.421 e. The summed E-state index contributed by atoms with van der Waals surface area (Å²) >= 11 is 1.15. The number of hydrogen-bond acceptors (Lipinski definition) is 7. The van der Waals surface area contributed by atoms with Gasteiger partial charge in [0.25, 0.3) is 10.0 Å². The molecule has 36 heavy (non-hydrogen) atoms. The summed E-state index contributed by atoms with van der Waals surface area (Å²) in [5, 5.41) is 11.7. The van der Waals surface area contributed by atoms with Gasteiger partial charge >= 0.3 is 6.18 Å². The third-order valence-corrected chi connectivity index (χ3v) is 9.39. The standard InChI is InChI=1S/C24H26F3N3O4S2/c1-23(31,24(25,26)27)19-6-8-20(9-7-19)30-12-11-29(36(32,33)22-5-3-13-35-22)15-21(30)17-34-16-18-4-2-10-28-14-18/h2-10,13-14,21,31H,11-12,15-17H2,1H3/t21-,23?/m0/s1. The SMILES string of the molecule is CC(O)(c1ccc(N2CCN(S(=O)(=O)c3cccs3)C[C@H]2COCc2cccnc2)cc1)C(F)(F)F. The van der Waals surface area contributed by atoms with Crippen molar-refractivity contribution in [3.8, 4) is 0 Å². The Morgan fingerprint density at radius 3 is 2.50 bits per heavy atom. The van der Waals surface area contributed by atoms with Crippen LogP contribution in [-0.4, -0.2) is 61.3 Å². The predicted molar refractivity (Wildman–Crippen MR) is 130 cm³/mol. The molecule has 7 nitrogen and oxygen atoms in total. The Labute approximate surface area is 211 Å². The number of anilines is 1. The number of nitrogens with zero attached hydrogens (tertiary/aromatic N) is 3. The average molecular weight is 542 g/mol. The maximum atomic E-state index is 13.2. The highest BCUT2D eigenvalue weighted by Gasteiger charge is 2.51. The molecular weight excluding hydrogens is 515 g/mol. The molecule has 0 amide bonds. The highest BCUT2D eigenvalue weighted by Crippen LogP contribution is 2.39. The molecule has 1 N–H and O–H groups in total. The van der Waals surface area contributed by atoms with E-state index < -0.39 is 21.8 Å². The Morgan fingerprint density at radius 2 is 1.89 bits per heavy atom. The minimum atomic E-state index is -4.82. The lowest BCUT2D eigenvalue weighted by molar-refractivity contribution is -0.258. The van der Waals surface area contributed by atoms with Crippen LogP contribution in [0.4, 0.5) is 18.9 Å². The van der Waals surface area contributed by atoms with E-state index in [-0.39, 0.29) is 42.1 Å². The van der Waals surface area contributed by atoms with E-state index in [0.717, 1.165) is 16.9 Å². The fraction of sp³-hybridized carbons (Fsp3) is 0.375. The van der Waals surface area contributed by atoms with E-state index in [1.165, 1.54) is 28.6 Å². The molecule has 12 heteroatoms. The number of benzene rings is 1. The van der Waals surface area contributed by atoms with Crippen LogP contribution in [0.15, 0.2) is 70.5 Å². The van der Waals surface area contributed by atoms with Crippen LogP contribution in [0.2, 0.25) is 0 Å². The number of pyridine rings is 1. The number of piperazine rings is 1. The van der Waals surface area contributed by atoms with E-state index in [1.807, 2.05) is 11.0 Å². The topological polar surface area (TPSA) is 83.0 Å². The molecule has 1 aliphatic heterocycles. The van der Waals surface area contributed by atoms with Crippen molar-refractivity contribution in [2.45, 2.75) is 35.6 Å². The monoisotopic (exact) mass is 541 g/mol. The number of rotatable bonds is 8. The first-order valence-electron chi connectivity index (χ1n) is 11.2. The number of aromatic nitrogens is 1. The Bertz CT molecular complexity index is 1240. The molecule has 0 aliphatic carbocycles. The second-order valence-electron chi connectivity index (χ2n) is 8.64. The van der Waals surface area contributed by atoms with Gasteiger partial charge in [-0.25, -0.2) is 8.42 Å². The number of sulfonamides is 1. The summed E-state index contributed by atoms with van der Waals surface area (Å²) < 4.78 is 73.5. The predicted octanol–water partition coefficient (Wildman–Crippen LogP) is 4.01. The molecule has 4 rings (SSSR count). The van der Waals surface area contributed by atoms with E-state index >= 15 is 0 Å². The molecule has 1 aromatic carbocycles. The highest BCUT2D eigenvalue weighted by molar-refractivity contribution is 7.91. The van der Waals surface area contributed by atoms with Gasteiger partial charge in [0.1, 0.15) is 4.21 Å². The Kier molecular flexibility index (Phi) is 7.72. The Morgan fingerprint density at radius 1 is 1.14 bits per heavy atom. The molecule has 0 bridgehead atoms. The van der Waals surface area contributed by atoms with Gasteiger partial charge in [0.05, 0.1) is 19.3 Å². The minimum absolute atomic E-state index is 0.148. The quantitative estimate of drug-likeness (QED) is 0.464. The second-order valence-corrected chi connectivity index (χ2v) is 11.7. The number of aliphatic hydroxyl groups is 1. The molecule has 1 unspecified atom stereocenters. The van der Waals surface area contributed by atoms with Crippen LogP contribution < -0.4 is 4.90 Å². The lowest BCUT2D eigenvalue weighted by atomic mass is 9.95. The molecule has 0 radical (unpaired) electrons. The van der Waals surface area contributed by atoms with Crippen molar-refractivity contribution in [3.63, 3.8) is 0 Å². The van der Waals surface area contributed by atoms with Gasteiger partial charge in [0.2, 0.25) is 0 Å². The fourth-order valence-corrected chi connectivity index (χ4v) is 6.62. The van der Waals surface area contributed by atoms with E-state index in [0.29, 0.717) is 19.2 Å². The molecule has 1 fully saturated rings. The van der Waals surface area contributed by atoms with Crippen molar-refractivity contribution in [3.05, 3.63) is 77.4 Å². The van der Waals surface area contributed by atoms with Crippen molar-refractivity contribution in [1.82, 2.24) is 9.29 Å². The van der Waals surface area contributed by atoms with E-state index in [1.54, 1.807) is 36.0 Å². The van der Waals surface area contributed by atoms with Crippen LogP contribution in [0.3, 0.4) is 0 Å². The fourth-order valence-electron chi connectivity index (χ4n) is 4.00. The summed E-state index contributed by atoms with van der Waals surface area (Å²) in [5.41, 5.74) is -1.78. The number of halogens is 3. The van der Waals surface area contributed by atoms with Crippen LogP contribution in [0.25, 0.3) is 0 Å². The molecular formula is C24H26F3N3O4S2. The zero-order valence-electron chi connectivity index (χ0n) is 19.4. The molecule has 0 saturated carbocycles. The van der Waals surface area contributed by atoms with Gasteiger partial charge in [-0.1, -0.05) is 24.3 Å². The van der Waals surface area contributed by atoms with Crippen molar-refractivity contribution < 1.29 is 31.4 Å². The first-order valence-corrected chi connectivity index (χ1v) is 13.5. The molecule has 3 heterocycles. The first-order chi connectivity index (χ1) is 17.0. The molecule has 1 saturated heterocycles. The maximum absolute atomic E-state index is 13.2. The Balaban J connectivity index is 1.55. The average Bonchev–Trinajstić information content (AvgIpc) is 3.40. The van der Waals surface area contributed by atoms with Crippen molar-refractivity contribution in [2.24, 2.45) is 0 Å². The first kappa shape index (κ1) is 26.6.